The first-order valence-electron chi connectivity index (χ1n) is 13.7. The van der Waals surface area contributed by atoms with Crippen molar-refractivity contribution < 1.29 is 14.4 Å². The number of nitrogens with zero attached hydrogens (tertiary/aromatic N) is 2. The van der Waals surface area contributed by atoms with Crippen LogP contribution >= 0.6 is 0 Å². The summed E-state index contributed by atoms with van der Waals surface area (Å²) in [6.07, 6.45) is 3.98. The minimum absolute atomic E-state index is 0.0735. The van der Waals surface area contributed by atoms with E-state index in [2.05, 4.69) is 103 Å². The molecule has 1 amide bonds. The molecule has 41 heavy (non-hydrogen) atoms. The highest BCUT2D eigenvalue weighted by atomic mass is 16.2. The van der Waals surface area contributed by atoms with Crippen molar-refractivity contribution in [2.75, 3.05) is 0 Å². The van der Waals surface area contributed by atoms with E-state index < -0.39 is 0 Å². The first-order valence-corrected chi connectivity index (χ1v) is 13.7. The van der Waals surface area contributed by atoms with E-state index in [0.717, 1.165) is 23.0 Å². The molecule has 0 unspecified atom stereocenters. The molecule has 208 valence electrons. The molecule has 3 aromatic carbocycles. The van der Waals surface area contributed by atoms with Gasteiger partial charge in [0.05, 0.1) is 6.04 Å². The van der Waals surface area contributed by atoms with Crippen LogP contribution in [0.2, 0.25) is 0 Å². The van der Waals surface area contributed by atoms with E-state index in [-0.39, 0.29) is 18.1 Å². The summed E-state index contributed by atoms with van der Waals surface area (Å²) in [6.45, 7) is 11.4. The molecular weight excluding hydrogens is 510 g/mol. The van der Waals surface area contributed by atoms with Crippen molar-refractivity contribution in [3.8, 4) is 11.1 Å². The summed E-state index contributed by atoms with van der Waals surface area (Å²) in [6, 6.07) is 27.3. The summed E-state index contributed by atoms with van der Waals surface area (Å²) in [4.78, 5) is 33.8. The lowest BCUT2D eigenvalue weighted by Gasteiger charge is -2.16. The predicted octanol–water partition coefficient (Wildman–Crippen LogP) is 7.40. The number of rotatable bonds is 7. The summed E-state index contributed by atoms with van der Waals surface area (Å²) >= 11 is 0. The maximum Gasteiger partial charge on any atom is 0.373 e. The Kier molecular flexibility index (Phi) is 9.28. The number of carbonyl (C=O) groups is 1. The molecule has 2 aromatic heterocycles. The minimum Gasteiger partial charge on any atom is -0.345 e. The van der Waals surface area contributed by atoms with Crippen LogP contribution in [0.4, 0.5) is 0 Å². The van der Waals surface area contributed by atoms with Crippen molar-refractivity contribution in [1.29, 1.82) is 0 Å². The second kappa shape index (κ2) is 13.0. The van der Waals surface area contributed by atoms with Gasteiger partial charge in [-0.05, 0) is 78.3 Å². The fourth-order valence-electron chi connectivity index (χ4n) is 5.00. The molecule has 0 radical (unpaired) electrons. The first-order chi connectivity index (χ1) is 19.7. The van der Waals surface area contributed by atoms with Gasteiger partial charge in [-0.25, -0.2) is 0 Å². The Morgan fingerprint density at radius 1 is 0.854 bits per heavy atom. The summed E-state index contributed by atoms with van der Waals surface area (Å²) in [7, 11) is 0. The highest BCUT2D eigenvalue weighted by Crippen LogP contribution is 2.28. The van der Waals surface area contributed by atoms with E-state index in [1.165, 1.54) is 33.5 Å². The molecule has 0 aliphatic rings. The van der Waals surface area contributed by atoms with Gasteiger partial charge in [0.2, 0.25) is 0 Å². The number of amides is 1. The molecule has 0 fully saturated rings. The van der Waals surface area contributed by atoms with Crippen LogP contribution in [-0.2, 0) is 16.1 Å². The Hall–Kier alpha value is -4.80. The Balaban J connectivity index is 0.00000124. The van der Waals surface area contributed by atoms with Gasteiger partial charge in [-0.1, -0.05) is 74.5 Å². The standard InChI is InChI=1S/C34H35N3O.CO2/c1-22(2)30-17-31(20-35-19-30)24(4)36-34(38)29-15-16-33-32(18-29)23(3)25(5)37(33)21-26-11-13-28(14-12-26)27-9-7-6-8-10-27;2-1-3/h6-20,22,24H,21H2,1-5H3,(H,36,38);/t24-;/m0./s1. The van der Waals surface area contributed by atoms with Crippen LogP contribution in [-0.4, -0.2) is 21.6 Å². The van der Waals surface area contributed by atoms with Crippen LogP contribution in [0.5, 0.6) is 0 Å². The van der Waals surface area contributed by atoms with E-state index >= 15 is 0 Å². The lowest BCUT2D eigenvalue weighted by molar-refractivity contribution is -0.191. The van der Waals surface area contributed by atoms with Gasteiger partial charge in [-0.3, -0.25) is 9.78 Å². The van der Waals surface area contributed by atoms with Crippen LogP contribution in [0, 0.1) is 13.8 Å². The van der Waals surface area contributed by atoms with Gasteiger partial charge in [-0.2, -0.15) is 9.59 Å². The number of nitrogens with one attached hydrogen (secondary N) is 1. The molecule has 0 aliphatic carbocycles. The Morgan fingerprint density at radius 2 is 1.49 bits per heavy atom. The van der Waals surface area contributed by atoms with E-state index in [0.29, 0.717) is 11.5 Å². The molecule has 0 saturated heterocycles. The van der Waals surface area contributed by atoms with Crippen LogP contribution in [0.15, 0.2) is 91.3 Å². The fraction of sp³-hybridized carbons (Fsp3) is 0.229. The number of benzene rings is 3. The van der Waals surface area contributed by atoms with Crippen LogP contribution in [0.25, 0.3) is 22.0 Å². The van der Waals surface area contributed by atoms with E-state index in [9.17, 15) is 4.79 Å². The normalized spacial score (nSPS) is 11.5. The second-order valence-electron chi connectivity index (χ2n) is 10.6. The van der Waals surface area contributed by atoms with Crippen molar-refractivity contribution in [2.45, 2.75) is 53.1 Å². The van der Waals surface area contributed by atoms with Crippen molar-refractivity contribution in [3.63, 3.8) is 0 Å². The first kappa shape index (κ1) is 29.2. The SMILES string of the molecule is Cc1c(C)n(Cc2ccc(-c3ccccc3)cc2)c2ccc(C(=O)N[C@@H](C)c3cncc(C(C)C)c3)cc12.O=C=O. The van der Waals surface area contributed by atoms with Crippen molar-refractivity contribution >= 4 is 23.0 Å². The maximum absolute atomic E-state index is 13.2. The third-order valence-electron chi connectivity index (χ3n) is 7.60. The average molecular weight is 546 g/mol. The van der Waals surface area contributed by atoms with Gasteiger partial charge in [0.25, 0.3) is 5.91 Å². The summed E-state index contributed by atoms with van der Waals surface area (Å²) in [5.74, 6) is 0.320. The highest BCUT2D eigenvalue weighted by Gasteiger charge is 2.17. The number of aromatic nitrogens is 2. The van der Waals surface area contributed by atoms with Crippen LogP contribution in [0.1, 0.15) is 71.0 Å². The third-order valence-corrected chi connectivity index (χ3v) is 7.60. The van der Waals surface area contributed by atoms with Gasteiger partial charge < -0.3 is 9.88 Å². The molecule has 5 aromatic rings. The fourth-order valence-corrected chi connectivity index (χ4v) is 5.00. The largest absolute Gasteiger partial charge is 0.373 e. The number of carbonyl (C=O) groups excluding carboxylic acids is 3. The predicted molar refractivity (Wildman–Crippen MR) is 162 cm³/mol. The number of pyridine rings is 1. The zero-order valence-electron chi connectivity index (χ0n) is 24.1. The Bertz CT molecular complexity index is 1680. The Labute approximate surface area is 241 Å². The van der Waals surface area contributed by atoms with E-state index in [4.69, 9.17) is 9.59 Å². The smallest absolute Gasteiger partial charge is 0.345 e. The molecular formula is C35H35N3O3. The lowest BCUT2D eigenvalue weighted by Crippen LogP contribution is -2.26. The zero-order chi connectivity index (χ0) is 29.5. The molecule has 2 heterocycles. The van der Waals surface area contributed by atoms with Gasteiger partial charge >= 0.3 is 6.15 Å². The lowest BCUT2D eigenvalue weighted by atomic mass is 10.0. The minimum atomic E-state index is -0.129. The molecule has 0 saturated carbocycles. The third kappa shape index (κ3) is 6.68. The monoisotopic (exact) mass is 545 g/mol. The second-order valence-corrected chi connectivity index (χ2v) is 10.6. The van der Waals surface area contributed by atoms with Gasteiger partial charge in [0.1, 0.15) is 0 Å². The molecule has 6 heteroatoms. The van der Waals surface area contributed by atoms with E-state index in [1.54, 1.807) is 0 Å². The number of fused-ring (bicyclic) bond motifs is 1. The van der Waals surface area contributed by atoms with Gasteiger partial charge in [0.15, 0.2) is 0 Å². The zero-order valence-corrected chi connectivity index (χ0v) is 24.1. The highest BCUT2D eigenvalue weighted by molar-refractivity contribution is 5.99. The molecule has 0 aliphatic heterocycles. The molecule has 0 bridgehead atoms. The summed E-state index contributed by atoms with van der Waals surface area (Å²) in [5.41, 5.74) is 10.1. The molecule has 0 spiro atoms. The maximum atomic E-state index is 13.2. The number of aryl methyl sites for hydroxylation is 1. The summed E-state index contributed by atoms with van der Waals surface area (Å²) in [5, 5.41) is 4.27. The molecule has 5 rings (SSSR count). The van der Waals surface area contributed by atoms with Crippen molar-refractivity contribution in [1.82, 2.24) is 14.9 Å². The van der Waals surface area contributed by atoms with Crippen molar-refractivity contribution in [2.24, 2.45) is 0 Å². The molecule has 1 atom stereocenters. The van der Waals surface area contributed by atoms with Crippen LogP contribution < -0.4 is 5.32 Å². The van der Waals surface area contributed by atoms with Crippen molar-refractivity contribution in [3.05, 3.63) is 125 Å². The quantitative estimate of drug-likeness (QED) is 0.231. The summed E-state index contributed by atoms with van der Waals surface area (Å²) < 4.78 is 2.34. The average Bonchev–Trinajstić information content (AvgIpc) is 3.22. The Morgan fingerprint density at radius 3 is 2.15 bits per heavy atom. The van der Waals surface area contributed by atoms with Gasteiger partial charge in [-0.15, -0.1) is 0 Å². The number of hydrogen-bond donors (Lipinski definition) is 1. The number of hydrogen-bond acceptors (Lipinski definition) is 4. The topological polar surface area (TPSA) is 81.1 Å². The molecule has 6 nitrogen and oxygen atoms in total. The molecule has 1 N–H and O–H groups in total. The van der Waals surface area contributed by atoms with Crippen LogP contribution in [0.3, 0.4) is 0 Å². The van der Waals surface area contributed by atoms with Gasteiger partial charge in [0, 0.05) is 41.1 Å². The van der Waals surface area contributed by atoms with E-state index in [1.807, 2.05) is 37.5 Å².